The minimum Gasteiger partial charge on any atom is -0.481 e. The largest absolute Gasteiger partial charge is 0.481 e. The Morgan fingerprint density at radius 3 is 2.44 bits per heavy atom. The number of carbonyl (C=O) groups is 1. The molecule has 0 bridgehead atoms. The maximum atomic E-state index is 11.7. The van der Waals surface area contributed by atoms with E-state index >= 15 is 0 Å². The first-order valence-electron chi connectivity index (χ1n) is 5.13. The van der Waals surface area contributed by atoms with E-state index in [2.05, 4.69) is 4.72 Å². The zero-order valence-electron chi connectivity index (χ0n) is 9.46. The predicted octanol–water partition coefficient (Wildman–Crippen LogP) is 0.506. The minimum atomic E-state index is -3.63. The van der Waals surface area contributed by atoms with Crippen LogP contribution in [0.1, 0.15) is 12.0 Å². The van der Waals surface area contributed by atoms with Crippen LogP contribution in [0.4, 0.5) is 0 Å². The van der Waals surface area contributed by atoms with Gasteiger partial charge in [0.25, 0.3) is 0 Å². The third kappa shape index (κ3) is 4.16. The molecule has 96 valence electrons. The van der Waals surface area contributed by atoms with Gasteiger partial charge in [-0.1, -0.05) is 12.1 Å². The smallest absolute Gasteiger partial charge is 0.307 e. The van der Waals surface area contributed by atoms with Crippen molar-refractivity contribution in [2.45, 2.75) is 17.7 Å². The highest BCUT2D eigenvalue weighted by atomic mass is 32.2. The first-order chi connectivity index (χ1) is 8.45. The lowest BCUT2D eigenvalue weighted by Gasteiger charge is -2.05. The van der Waals surface area contributed by atoms with Crippen LogP contribution in [0.5, 0.6) is 0 Å². The van der Waals surface area contributed by atoms with Crippen LogP contribution in [0.2, 0.25) is 0 Å². The lowest BCUT2D eigenvalue weighted by Crippen LogP contribution is -2.24. The fourth-order valence-electron chi connectivity index (χ4n) is 1.29. The van der Waals surface area contributed by atoms with Crippen LogP contribution in [0.3, 0.4) is 0 Å². The van der Waals surface area contributed by atoms with Gasteiger partial charge in [0.1, 0.15) is 0 Å². The highest BCUT2D eigenvalue weighted by molar-refractivity contribution is 7.89. The molecule has 0 amide bonds. The molecule has 0 unspecified atom stereocenters. The van der Waals surface area contributed by atoms with Crippen LogP contribution in [0, 0.1) is 11.3 Å². The summed E-state index contributed by atoms with van der Waals surface area (Å²) in [6.07, 6.45) is -0.0570. The van der Waals surface area contributed by atoms with Crippen molar-refractivity contribution in [1.29, 1.82) is 5.26 Å². The van der Waals surface area contributed by atoms with Gasteiger partial charge in [0.05, 0.1) is 17.4 Å². The topological polar surface area (TPSA) is 107 Å². The van der Waals surface area contributed by atoms with E-state index in [1.807, 2.05) is 6.07 Å². The van der Waals surface area contributed by atoms with Crippen molar-refractivity contribution >= 4 is 16.0 Å². The third-order valence-corrected chi connectivity index (χ3v) is 3.59. The van der Waals surface area contributed by atoms with E-state index in [9.17, 15) is 13.2 Å². The Morgan fingerprint density at radius 2 is 1.94 bits per heavy atom. The number of aliphatic carboxylic acids is 1. The number of nitriles is 1. The average molecular weight is 268 g/mol. The van der Waals surface area contributed by atoms with E-state index < -0.39 is 16.0 Å². The van der Waals surface area contributed by atoms with Crippen molar-refractivity contribution in [1.82, 2.24) is 4.72 Å². The Labute approximate surface area is 105 Å². The Morgan fingerprint density at radius 1 is 1.33 bits per heavy atom. The third-order valence-electron chi connectivity index (χ3n) is 2.12. The van der Waals surface area contributed by atoms with E-state index in [0.29, 0.717) is 5.56 Å². The van der Waals surface area contributed by atoms with Crippen molar-refractivity contribution < 1.29 is 18.3 Å². The van der Waals surface area contributed by atoms with Gasteiger partial charge in [0, 0.05) is 13.0 Å². The number of nitrogens with zero attached hydrogens (tertiary/aromatic N) is 1. The molecule has 0 saturated carbocycles. The SMILES string of the molecule is N#CCCNS(=O)(=O)c1ccc(CC(=O)O)cc1. The lowest BCUT2D eigenvalue weighted by atomic mass is 10.2. The molecule has 0 aliphatic heterocycles. The lowest BCUT2D eigenvalue weighted by molar-refractivity contribution is -0.136. The van der Waals surface area contributed by atoms with Crippen LogP contribution in [-0.4, -0.2) is 26.0 Å². The minimum absolute atomic E-state index is 0.0505. The molecule has 0 aliphatic carbocycles. The molecule has 7 heteroatoms. The Hall–Kier alpha value is -1.91. The van der Waals surface area contributed by atoms with E-state index in [0.717, 1.165) is 0 Å². The number of sulfonamides is 1. The number of hydrogen-bond donors (Lipinski definition) is 2. The second-order valence-electron chi connectivity index (χ2n) is 3.52. The van der Waals surface area contributed by atoms with E-state index in [4.69, 9.17) is 10.4 Å². The second-order valence-corrected chi connectivity index (χ2v) is 5.29. The number of benzene rings is 1. The molecule has 6 nitrogen and oxygen atoms in total. The number of hydrogen-bond acceptors (Lipinski definition) is 4. The summed E-state index contributed by atoms with van der Waals surface area (Å²) in [4.78, 5) is 10.5. The van der Waals surface area contributed by atoms with Crippen LogP contribution < -0.4 is 4.72 Å². The summed E-state index contributed by atoms with van der Waals surface area (Å²) >= 11 is 0. The molecule has 0 heterocycles. The van der Waals surface area contributed by atoms with Gasteiger partial charge in [0.2, 0.25) is 10.0 Å². The molecule has 18 heavy (non-hydrogen) atoms. The molecule has 0 radical (unpaired) electrons. The van der Waals surface area contributed by atoms with E-state index in [1.54, 1.807) is 0 Å². The number of rotatable bonds is 6. The first-order valence-corrected chi connectivity index (χ1v) is 6.61. The van der Waals surface area contributed by atoms with Crippen LogP contribution in [0.25, 0.3) is 0 Å². The monoisotopic (exact) mass is 268 g/mol. The first kappa shape index (κ1) is 14.2. The van der Waals surface area contributed by atoms with Crippen molar-refractivity contribution in [2.24, 2.45) is 0 Å². The standard InChI is InChI=1S/C11H12N2O4S/c12-6-1-7-13-18(16,17)10-4-2-9(3-5-10)8-11(14)15/h2-5,13H,1,7-8H2,(H,14,15). The van der Waals surface area contributed by atoms with Crippen molar-refractivity contribution in [3.05, 3.63) is 29.8 Å². The maximum absolute atomic E-state index is 11.7. The van der Waals surface area contributed by atoms with E-state index in [1.165, 1.54) is 24.3 Å². The summed E-state index contributed by atoms with van der Waals surface area (Å²) in [7, 11) is -3.63. The molecule has 0 saturated heterocycles. The number of nitrogens with one attached hydrogen (secondary N) is 1. The van der Waals surface area contributed by atoms with Gasteiger partial charge in [0.15, 0.2) is 0 Å². The van der Waals surface area contributed by atoms with Crippen LogP contribution >= 0.6 is 0 Å². The molecular weight excluding hydrogens is 256 g/mol. The highest BCUT2D eigenvalue weighted by Gasteiger charge is 2.13. The summed E-state index contributed by atoms with van der Waals surface area (Å²) in [5.74, 6) is -0.974. The zero-order chi connectivity index (χ0) is 13.6. The number of carboxylic acid groups (broad SMARTS) is 1. The quantitative estimate of drug-likeness (QED) is 0.731. The fraction of sp³-hybridized carbons (Fsp3) is 0.273. The molecule has 0 spiro atoms. The molecule has 1 aromatic carbocycles. The maximum Gasteiger partial charge on any atom is 0.307 e. The van der Waals surface area contributed by atoms with Crippen LogP contribution in [-0.2, 0) is 21.2 Å². The average Bonchev–Trinajstić information content (AvgIpc) is 2.29. The van der Waals surface area contributed by atoms with Gasteiger partial charge in [-0.15, -0.1) is 0 Å². The number of carboxylic acids is 1. The zero-order valence-corrected chi connectivity index (χ0v) is 10.3. The second kappa shape index (κ2) is 6.14. The van der Waals surface area contributed by atoms with Gasteiger partial charge in [-0.3, -0.25) is 4.79 Å². The summed E-state index contributed by atoms with van der Waals surface area (Å²) < 4.78 is 25.7. The van der Waals surface area contributed by atoms with Crippen LogP contribution in [0.15, 0.2) is 29.2 Å². The van der Waals surface area contributed by atoms with Gasteiger partial charge in [-0.25, -0.2) is 13.1 Å². The molecule has 2 N–H and O–H groups in total. The molecule has 0 atom stereocenters. The van der Waals surface area contributed by atoms with E-state index in [-0.39, 0.29) is 24.3 Å². The summed E-state index contributed by atoms with van der Waals surface area (Å²) in [6, 6.07) is 7.41. The molecular formula is C11H12N2O4S. The van der Waals surface area contributed by atoms with Crippen molar-refractivity contribution in [2.75, 3.05) is 6.54 Å². The Balaban J connectivity index is 2.78. The fourth-order valence-corrected chi connectivity index (χ4v) is 2.32. The summed E-state index contributed by atoms with van der Waals surface area (Å²) in [5.41, 5.74) is 0.526. The summed E-state index contributed by atoms with van der Waals surface area (Å²) in [6.45, 7) is 0.0513. The van der Waals surface area contributed by atoms with Crippen molar-refractivity contribution in [3.63, 3.8) is 0 Å². The molecule has 0 aliphatic rings. The van der Waals surface area contributed by atoms with Gasteiger partial charge >= 0.3 is 5.97 Å². The van der Waals surface area contributed by atoms with Crippen molar-refractivity contribution in [3.8, 4) is 6.07 Å². The predicted molar refractivity (Wildman–Crippen MR) is 63.2 cm³/mol. The molecule has 1 rings (SSSR count). The van der Waals surface area contributed by atoms with Gasteiger partial charge in [-0.05, 0) is 17.7 Å². The Kier molecular flexibility index (Phi) is 4.83. The Bertz CT molecular complexity index is 558. The highest BCUT2D eigenvalue weighted by Crippen LogP contribution is 2.10. The molecule has 1 aromatic rings. The molecule has 0 aromatic heterocycles. The van der Waals surface area contributed by atoms with Gasteiger partial charge < -0.3 is 5.11 Å². The summed E-state index contributed by atoms with van der Waals surface area (Å²) in [5, 5.41) is 16.9. The van der Waals surface area contributed by atoms with Gasteiger partial charge in [-0.2, -0.15) is 5.26 Å². The molecule has 0 fully saturated rings. The normalized spacial score (nSPS) is 10.8.